The number of nitrogens with two attached hydrogens (primary N) is 1. The maximum Gasteiger partial charge on any atom is 0.173 e. The summed E-state index contributed by atoms with van der Waals surface area (Å²) >= 11 is 6.81. The molecule has 104 valence electrons. The highest BCUT2D eigenvalue weighted by Crippen LogP contribution is 2.33. The van der Waals surface area contributed by atoms with E-state index in [9.17, 15) is 0 Å². The van der Waals surface area contributed by atoms with Gasteiger partial charge in [-0.15, -0.1) is 0 Å². The van der Waals surface area contributed by atoms with Gasteiger partial charge in [0.15, 0.2) is 5.84 Å². The van der Waals surface area contributed by atoms with Gasteiger partial charge in [-0.25, -0.2) is 0 Å². The van der Waals surface area contributed by atoms with Crippen molar-refractivity contribution in [1.82, 2.24) is 0 Å². The summed E-state index contributed by atoms with van der Waals surface area (Å²) < 4.78 is 7.58. The summed E-state index contributed by atoms with van der Waals surface area (Å²) in [5.41, 5.74) is 7.22. The van der Waals surface area contributed by atoms with Gasteiger partial charge in [-0.2, -0.15) is 0 Å². The van der Waals surface area contributed by atoms with Crippen LogP contribution in [0.4, 0.5) is 0 Å². The van der Waals surface area contributed by atoms with Crippen molar-refractivity contribution in [2.45, 2.75) is 6.92 Å². The summed E-state index contributed by atoms with van der Waals surface area (Å²) in [6.45, 7) is 1.92. The smallest absolute Gasteiger partial charge is 0.173 e. The van der Waals surface area contributed by atoms with Crippen LogP contribution in [0.1, 0.15) is 11.1 Å². The third-order valence-electron chi connectivity index (χ3n) is 2.63. The Morgan fingerprint density at radius 1 is 1.15 bits per heavy atom. The minimum atomic E-state index is 0.0111. The summed E-state index contributed by atoms with van der Waals surface area (Å²) in [6, 6.07) is 11.1. The summed E-state index contributed by atoms with van der Waals surface area (Å²) in [5.74, 6) is 1.18. The van der Waals surface area contributed by atoms with Crippen LogP contribution < -0.4 is 10.5 Å². The van der Waals surface area contributed by atoms with E-state index in [1.807, 2.05) is 31.2 Å². The molecule has 0 spiro atoms. The van der Waals surface area contributed by atoms with Crippen LogP contribution in [0.15, 0.2) is 50.5 Å². The Hall–Kier alpha value is -1.53. The fraction of sp³-hybridized carbons (Fsp3) is 0.0714. The fourth-order valence-electron chi connectivity index (χ4n) is 1.66. The number of aryl methyl sites for hydroxylation is 1. The predicted molar refractivity (Wildman–Crippen MR) is 85.6 cm³/mol. The molecule has 4 nitrogen and oxygen atoms in total. The second-order valence-electron chi connectivity index (χ2n) is 4.16. The van der Waals surface area contributed by atoms with Gasteiger partial charge in [-0.3, -0.25) is 0 Å². The van der Waals surface area contributed by atoms with E-state index in [0.29, 0.717) is 17.1 Å². The van der Waals surface area contributed by atoms with E-state index in [0.717, 1.165) is 14.5 Å². The van der Waals surface area contributed by atoms with E-state index in [2.05, 4.69) is 37.0 Å². The fourth-order valence-corrected chi connectivity index (χ4v) is 2.79. The lowest BCUT2D eigenvalue weighted by Gasteiger charge is -2.12. The highest BCUT2D eigenvalue weighted by atomic mass is 79.9. The van der Waals surface area contributed by atoms with Gasteiger partial charge in [0.25, 0.3) is 0 Å². The third-order valence-corrected chi connectivity index (χ3v) is 3.75. The first-order valence-corrected chi connectivity index (χ1v) is 7.31. The lowest BCUT2D eigenvalue weighted by molar-refractivity contribution is 0.318. The van der Waals surface area contributed by atoms with Crippen molar-refractivity contribution in [2.24, 2.45) is 10.9 Å². The third kappa shape index (κ3) is 3.32. The molecular weight excluding hydrogens is 388 g/mol. The average Bonchev–Trinajstić information content (AvgIpc) is 2.42. The van der Waals surface area contributed by atoms with Crippen LogP contribution >= 0.6 is 31.9 Å². The highest BCUT2D eigenvalue weighted by Gasteiger charge is 2.11. The van der Waals surface area contributed by atoms with Crippen molar-refractivity contribution < 1.29 is 9.94 Å². The molecular formula is C14H12Br2N2O2. The first-order chi connectivity index (χ1) is 9.51. The Kier molecular flexibility index (Phi) is 4.67. The molecule has 0 saturated heterocycles. The van der Waals surface area contributed by atoms with E-state index in [1.165, 1.54) is 0 Å². The Morgan fingerprint density at radius 2 is 1.85 bits per heavy atom. The van der Waals surface area contributed by atoms with Gasteiger partial charge in [0, 0.05) is 4.47 Å². The normalized spacial score (nSPS) is 11.4. The van der Waals surface area contributed by atoms with Crippen molar-refractivity contribution in [3.8, 4) is 11.5 Å². The van der Waals surface area contributed by atoms with Crippen molar-refractivity contribution >= 4 is 37.7 Å². The molecule has 6 heteroatoms. The first kappa shape index (κ1) is 14.9. The Labute approximate surface area is 133 Å². The van der Waals surface area contributed by atoms with Crippen molar-refractivity contribution in [2.75, 3.05) is 0 Å². The van der Waals surface area contributed by atoms with Crippen LogP contribution in [0.25, 0.3) is 0 Å². The molecule has 2 aromatic rings. The second kappa shape index (κ2) is 6.28. The summed E-state index contributed by atoms with van der Waals surface area (Å²) in [4.78, 5) is 0. The van der Waals surface area contributed by atoms with E-state index >= 15 is 0 Å². The van der Waals surface area contributed by atoms with Gasteiger partial charge in [0.05, 0.1) is 10.0 Å². The van der Waals surface area contributed by atoms with Crippen LogP contribution in [0.5, 0.6) is 11.5 Å². The topological polar surface area (TPSA) is 67.8 Å². The second-order valence-corrected chi connectivity index (χ2v) is 5.93. The lowest BCUT2D eigenvalue weighted by atomic mass is 10.1. The molecule has 0 atom stereocenters. The van der Waals surface area contributed by atoms with E-state index in [4.69, 9.17) is 15.7 Å². The SMILES string of the molecule is Cc1ccc(Oc2ccc(Br)cc2Br)c(/C(N)=N/O)c1. The van der Waals surface area contributed by atoms with E-state index in [-0.39, 0.29) is 5.84 Å². The molecule has 0 radical (unpaired) electrons. The molecule has 0 aliphatic heterocycles. The molecule has 0 aromatic heterocycles. The molecule has 0 aliphatic carbocycles. The minimum Gasteiger partial charge on any atom is -0.455 e. The molecule has 2 rings (SSSR count). The van der Waals surface area contributed by atoms with Crippen LogP contribution in [0.3, 0.4) is 0 Å². The largest absolute Gasteiger partial charge is 0.455 e. The zero-order chi connectivity index (χ0) is 14.7. The highest BCUT2D eigenvalue weighted by molar-refractivity contribution is 9.11. The van der Waals surface area contributed by atoms with Gasteiger partial charge in [0.1, 0.15) is 11.5 Å². The average molecular weight is 400 g/mol. The minimum absolute atomic E-state index is 0.0111. The van der Waals surface area contributed by atoms with Gasteiger partial charge in [0.2, 0.25) is 0 Å². The zero-order valence-electron chi connectivity index (χ0n) is 10.6. The molecule has 0 saturated carbocycles. The molecule has 0 aliphatic rings. The monoisotopic (exact) mass is 398 g/mol. The lowest BCUT2D eigenvalue weighted by Crippen LogP contribution is -2.14. The number of hydrogen-bond donors (Lipinski definition) is 2. The van der Waals surface area contributed by atoms with Crippen molar-refractivity contribution in [1.29, 1.82) is 0 Å². The number of nitrogens with zero attached hydrogens (tertiary/aromatic N) is 1. The number of ether oxygens (including phenoxy) is 1. The standard InChI is InChI=1S/C14H12Br2N2O2/c1-8-2-4-12(10(6-8)14(17)18-19)20-13-5-3-9(15)7-11(13)16/h2-7,19H,1H3,(H2,17,18). The van der Waals surface area contributed by atoms with E-state index in [1.54, 1.807) is 12.1 Å². The number of halogens is 2. The molecule has 2 aromatic carbocycles. The van der Waals surface area contributed by atoms with Gasteiger partial charge >= 0.3 is 0 Å². The quantitative estimate of drug-likeness (QED) is 0.347. The van der Waals surface area contributed by atoms with Crippen molar-refractivity contribution in [3.63, 3.8) is 0 Å². The Balaban J connectivity index is 2.43. The Morgan fingerprint density at radius 3 is 2.50 bits per heavy atom. The number of rotatable bonds is 3. The maximum absolute atomic E-state index is 8.85. The number of benzene rings is 2. The summed E-state index contributed by atoms with van der Waals surface area (Å²) in [5, 5.41) is 11.9. The number of oxime groups is 1. The number of hydrogen-bond acceptors (Lipinski definition) is 3. The van der Waals surface area contributed by atoms with Gasteiger partial charge < -0.3 is 15.7 Å². The van der Waals surface area contributed by atoms with Crippen molar-refractivity contribution in [3.05, 3.63) is 56.5 Å². The molecule has 0 heterocycles. The van der Waals surface area contributed by atoms with E-state index < -0.39 is 0 Å². The first-order valence-electron chi connectivity index (χ1n) is 5.72. The Bertz CT molecular complexity index is 672. The summed E-state index contributed by atoms with van der Waals surface area (Å²) in [7, 11) is 0. The number of amidine groups is 1. The maximum atomic E-state index is 8.85. The van der Waals surface area contributed by atoms with Gasteiger partial charge in [-0.1, -0.05) is 32.7 Å². The zero-order valence-corrected chi connectivity index (χ0v) is 13.8. The van der Waals surface area contributed by atoms with Crippen LogP contribution in [0.2, 0.25) is 0 Å². The molecule has 0 unspecified atom stereocenters. The molecule has 0 fully saturated rings. The molecule has 0 amide bonds. The van der Waals surface area contributed by atoms with Gasteiger partial charge in [-0.05, 0) is 53.2 Å². The van der Waals surface area contributed by atoms with Crippen LogP contribution in [0, 0.1) is 6.92 Å². The van der Waals surface area contributed by atoms with Crippen LogP contribution in [-0.2, 0) is 0 Å². The summed E-state index contributed by atoms with van der Waals surface area (Å²) in [6.07, 6.45) is 0. The molecule has 0 bridgehead atoms. The molecule has 20 heavy (non-hydrogen) atoms. The molecule has 3 N–H and O–H groups in total. The predicted octanol–water partition coefficient (Wildman–Crippen LogP) is 4.41. The van der Waals surface area contributed by atoms with Crippen LogP contribution in [-0.4, -0.2) is 11.0 Å².